The summed E-state index contributed by atoms with van der Waals surface area (Å²) in [5.41, 5.74) is 2.38. The van der Waals surface area contributed by atoms with Gasteiger partial charge in [0.2, 0.25) is 0 Å². The summed E-state index contributed by atoms with van der Waals surface area (Å²) in [4.78, 5) is 16.8. The average Bonchev–Trinajstić information content (AvgIpc) is 3.02. The SMILES string of the molecule is O=C(NCc1cn2ccccc2n1)c1ccc2ccccc2c1. The van der Waals surface area contributed by atoms with Gasteiger partial charge < -0.3 is 9.72 Å². The molecule has 0 bridgehead atoms. The van der Waals surface area contributed by atoms with Crippen LogP contribution < -0.4 is 5.32 Å². The Morgan fingerprint density at radius 1 is 1.00 bits per heavy atom. The quantitative estimate of drug-likeness (QED) is 0.630. The van der Waals surface area contributed by atoms with Crippen LogP contribution in [0.1, 0.15) is 16.1 Å². The lowest BCUT2D eigenvalue weighted by atomic mass is 10.1. The van der Waals surface area contributed by atoms with Crippen molar-refractivity contribution < 1.29 is 4.79 Å². The van der Waals surface area contributed by atoms with Gasteiger partial charge in [-0.25, -0.2) is 4.98 Å². The minimum absolute atomic E-state index is 0.0900. The van der Waals surface area contributed by atoms with E-state index in [0.717, 1.165) is 22.1 Å². The largest absolute Gasteiger partial charge is 0.346 e. The van der Waals surface area contributed by atoms with Gasteiger partial charge in [-0.1, -0.05) is 36.4 Å². The maximum atomic E-state index is 12.3. The molecule has 0 fully saturated rings. The van der Waals surface area contributed by atoms with E-state index in [1.165, 1.54) is 0 Å². The van der Waals surface area contributed by atoms with Crippen LogP contribution in [-0.4, -0.2) is 15.3 Å². The van der Waals surface area contributed by atoms with E-state index in [1.54, 1.807) is 0 Å². The molecule has 1 amide bonds. The van der Waals surface area contributed by atoms with E-state index in [-0.39, 0.29) is 5.91 Å². The zero-order valence-electron chi connectivity index (χ0n) is 12.4. The van der Waals surface area contributed by atoms with Crippen LogP contribution in [0.25, 0.3) is 16.4 Å². The average molecular weight is 301 g/mol. The van der Waals surface area contributed by atoms with E-state index in [0.29, 0.717) is 12.1 Å². The van der Waals surface area contributed by atoms with E-state index < -0.39 is 0 Å². The number of fused-ring (bicyclic) bond motifs is 2. The van der Waals surface area contributed by atoms with Crippen LogP contribution in [0.15, 0.2) is 73.1 Å². The Balaban J connectivity index is 1.52. The van der Waals surface area contributed by atoms with Crippen molar-refractivity contribution in [3.8, 4) is 0 Å². The highest BCUT2D eigenvalue weighted by Crippen LogP contribution is 2.15. The lowest BCUT2D eigenvalue weighted by molar-refractivity contribution is 0.0950. The predicted molar refractivity (Wildman–Crippen MR) is 90.3 cm³/mol. The van der Waals surface area contributed by atoms with Gasteiger partial charge in [0, 0.05) is 18.0 Å². The van der Waals surface area contributed by atoms with Gasteiger partial charge in [-0.3, -0.25) is 4.79 Å². The molecule has 4 aromatic rings. The summed E-state index contributed by atoms with van der Waals surface area (Å²) in [6.45, 7) is 0.410. The first kappa shape index (κ1) is 13.5. The molecule has 23 heavy (non-hydrogen) atoms. The van der Waals surface area contributed by atoms with E-state index in [9.17, 15) is 4.79 Å². The van der Waals surface area contributed by atoms with Crippen LogP contribution in [0.4, 0.5) is 0 Å². The molecule has 2 aromatic carbocycles. The first-order valence-electron chi connectivity index (χ1n) is 7.49. The number of carbonyl (C=O) groups excluding carboxylic acids is 1. The number of hydrogen-bond acceptors (Lipinski definition) is 2. The standard InChI is InChI=1S/C19H15N3O/c23-19(16-9-8-14-5-1-2-6-15(14)11-16)20-12-17-13-22-10-4-3-7-18(22)21-17/h1-11,13H,12H2,(H,20,23). The summed E-state index contributed by atoms with van der Waals surface area (Å²) in [6, 6.07) is 19.6. The third kappa shape index (κ3) is 2.66. The molecule has 4 heteroatoms. The Morgan fingerprint density at radius 3 is 2.70 bits per heavy atom. The number of hydrogen-bond donors (Lipinski definition) is 1. The van der Waals surface area contributed by atoms with Crippen LogP contribution in [0.3, 0.4) is 0 Å². The van der Waals surface area contributed by atoms with Gasteiger partial charge >= 0.3 is 0 Å². The second-order valence-corrected chi connectivity index (χ2v) is 5.44. The molecule has 0 aliphatic carbocycles. The zero-order valence-corrected chi connectivity index (χ0v) is 12.4. The summed E-state index contributed by atoms with van der Waals surface area (Å²) < 4.78 is 1.94. The van der Waals surface area contributed by atoms with Gasteiger partial charge in [-0.05, 0) is 35.0 Å². The summed E-state index contributed by atoms with van der Waals surface area (Å²) in [5.74, 6) is -0.0900. The van der Waals surface area contributed by atoms with Crippen molar-refractivity contribution in [1.82, 2.24) is 14.7 Å². The van der Waals surface area contributed by atoms with Crippen molar-refractivity contribution in [3.63, 3.8) is 0 Å². The highest BCUT2D eigenvalue weighted by molar-refractivity contribution is 5.98. The predicted octanol–water partition coefficient (Wildman–Crippen LogP) is 3.42. The molecule has 4 nitrogen and oxygen atoms in total. The maximum absolute atomic E-state index is 12.3. The molecule has 0 aliphatic rings. The molecule has 4 rings (SSSR count). The molecule has 0 saturated heterocycles. The van der Waals surface area contributed by atoms with Gasteiger partial charge in [0.05, 0.1) is 12.2 Å². The number of carbonyl (C=O) groups is 1. The molecule has 1 N–H and O–H groups in total. The number of pyridine rings is 1. The lowest BCUT2D eigenvalue weighted by Gasteiger charge is -2.05. The molecule has 0 unspecified atom stereocenters. The number of rotatable bonds is 3. The summed E-state index contributed by atoms with van der Waals surface area (Å²) in [6.07, 6.45) is 3.87. The van der Waals surface area contributed by atoms with E-state index in [4.69, 9.17) is 0 Å². The van der Waals surface area contributed by atoms with E-state index in [2.05, 4.69) is 10.3 Å². The van der Waals surface area contributed by atoms with E-state index in [1.807, 2.05) is 77.5 Å². The molecule has 0 spiro atoms. The van der Waals surface area contributed by atoms with Crippen molar-refractivity contribution in [3.05, 3.63) is 84.3 Å². The zero-order chi connectivity index (χ0) is 15.6. The van der Waals surface area contributed by atoms with E-state index >= 15 is 0 Å². The number of nitrogens with one attached hydrogen (secondary N) is 1. The number of amides is 1. The fourth-order valence-electron chi connectivity index (χ4n) is 2.68. The molecule has 2 heterocycles. The highest BCUT2D eigenvalue weighted by Gasteiger charge is 2.07. The van der Waals surface area contributed by atoms with Crippen molar-refractivity contribution in [2.75, 3.05) is 0 Å². The van der Waals surface area contributed by atoms with Crippen LogP contribution in [0, 0.1) is 0 Å². The maximum Gasteiger partial charge on any atom is 0.251 e. The Hall–Kier alpha value is -3.14. The Kier molecular flexibility index (Phi) is 3.27. The molecule has 112 valence electrons. The van der Waals surface area contributed by atoms with Crippen molar-refractivity contribution in [2.45, 2.75) is 6.54 Å². The number of imidazole rings is 1. The monoisotopic (exact) mass is 301 g/mol. The smallest absolute Gasteiger partial charge is 0.251 e. The summed E-state index contributed by atoms with van der Waals surface area (Å²) >= 11 is 0. The number of nitrogens with zero attached hydrogens (tertiary/aromatic N) is 2. The second kappa shape index (κ2) is 5.57. The van der Waals surface area contributed by atoms with Crippen molar-refractivity contribution >= 4 is 22.3 Å². The van der Waals surface area contributed by atoms with Gasteiger partial charge in [0.25, 0.3) is 5.91 Å². The Bertz CT molecular complexity index is 971. The third-order valence-corrected chi connectivity index (χ3v) is 3.86. The second-order valence-electron chi connectivity index (χ2n) is 5.44. The van der Waals surface area contributed by atoms with Crippen LogP contribution in [-0.2, 0) is 6.54 Å². The Labute approximate surface area is 133 Å². The minimum atomic E-state index is -0.0900. The molecule has 0 aliphatic heterocycles. The van der Waals surface area contributed by atoms with Gasteiger partial charge in [0.1, 0.15) is 5.65 Å². The fourth-order valence-corrected chi connectivity index (χ4v) is 2.68. The molecule has 2 aromatic heterocycles. The first-order chi connectivity index (χ1) is 11.3. The molecule has 0 saturated carbocycles. The topological polar surface area (TPSA) is 46.4 Å². The van der Waals surface area contributed by atoms with Crippen molar-refractivity contribution in [2.24, 2.45) is 0 Å². The first-order valence-corrected chi connectivity index (χ1v) is 7.49. The number of benzene rings is 2. The molecular formula is C19H15N3O. The molecule has 0 atom stereocenters. The van der Waals surface area contributed by atoms with Crippen LogP contribution >= 0.6 is 0 Å². The third-order valence-electron chi connectivity index (χ3n) is 3.86. The van der Waals surface area contributed by atoms with Crippen LogP contribution in [0.2, 0.25) is 0 Å². The number of aromatic nitrogens is 2. The van der Waals surface area contributed by atoms with Gasteiger partial charge in [-0.15, -0.1) is 0 Å². The van der Waals surface area contributed by atoms with Crippen LogP contribution in [0.5, 0.6) is 0 Å². The normalized spacial score (nSPS) is 11.0. The highest BCUT2D eigenvalue weighted by atomic mass is 16.1. The fraction of sp³-hybridized carbons (Fsp3) is 0.0526. The molecular weight excluding hydrogens is 286 g/mol. The molecule has 0 radical (unpaired) electrons. The summed E-state index contributed by atoms with van der Waals surface area (Å²) in [5, 5.41) is 5.12. The minimum Gasteiger partial charge on any atom is -0.346 e. The summed E-state index contributed by atoms with van der Waals surface area (Å²) in [7, 11) is 0. The van der Waals surface area contributed by atoms with Gasteiger partial charge in [-0.2, -0.15) is 0 Å². The Morgan fingerprint density at radius 2 is 1.83 bits per heavy atom. The van der Waals surface area contributed by atoms with Crippen molar-refractivity contribution in [1.29, 1.82) is 0 Å². The van der Waals surface area contributed by atoms with Gasteiger partial charge in [0.15, 0.2) is 0 Å². The lowest BCUT2D eigenvalue weighted by Crippen LogP contribution is -2.22.